The summed E-state index contributed by atoms with van der Waals surface area (Å²) in [5, 5.41) is 19.8. The molecule has 4 N–H and O–H groups in total. The van der Waals surface area contributed by atoms with E-state index in [1.807, 2.05) is 71.9 Å². The van der Waals surface area contributed by atoms with Crippen LogP contribution in [0.3, 0.4) is 0 Å². The number of aliphatic hydroxyl groups excluding tert-OH is 1. The molecule has 0 bridgehead atoms. The highest BCUT2D eigenvalue weighted by molar-refractivity contribution is 5.90. The van der Waals surface area contributed by atoms with Gasteiger partial charge in [0.25, 0.3) is 0 Å². The number of nitrogens with one attached hydrogen (secondary N) is 3. The lowest BCUT2D eigenvalue weighted by Crippen LogP contribution is -2.59. The van der Waals surface area contributed by atoms with Crippen LogP contribution in [0.1, 0.15) is 92.7 Å². The quantitative estimate of drug-likeness (QED) is 0.160. The van der Waals surface area contributed by atoms with Crippen LogP contribution in [-0.2, 0) is 28.7 Å². The predicted octanol–water partition coefficient (Wildman–Crippen LogP) is 3.53. The van der Waals surface area contributed by atoms with Crippen molar-refractivity contribution in [3.05, 3.63) is 35.9 Å². The van der Waals surface area contributed by atoms with Crippen molar-refractivity contribution < 1.29 is 33.8 Å². The Morgan fingerprint density at radius 3 is 2.04 bits per heavy atom. The highest BCUT2D eigenvalue weighted by atomic mass is 16.5. The molecule has 0 spiro atoms. The van der Waals surface area contributed by atoms with E-state index < -0.39 is 48.4 Å². The number of hydrogen-bond donors (Lipinski definition) is 4. The maximum atomic E-state index is 14.1. The van der Waals surface area contributed by atoms with Crippen LogP contribution in [0.2, 0.25) is 0 Å². The smallest absolute Gasteiger partial charge is 0.245 e. The van der Waals surface area contributed by atoms with Crippen molar-refractivity contribution in [2.24, 2.45) is 23.7 Å². The van der Waals surface area contributed by atoms with Gasteiger partial charge in [-0.1, -0.05) is 85.2 Å². The van der Waals surface area contributed by atoms with E-state index in [1.165, 1.54) is 0 Å². The molecule has 1 aromatic carbocycles. The summed E-state index contributed by atoms with van der Waals surface area (Å²) >= 11 is 0. The summed E-state index contributed by atoms with van der Waals surface area (Å²) < 4.78 is 11.9. The largest absolute Gasteiger partial charge is 0.386 e. The highest BCUT2D eigenvalue weighted by Gasteiger charge is 2.43. The average Bonchev–Trinajstić information content (AvgIpc) is 3.59. The summed E-state index contributed by atoms with van der Waals surface area (Å²) in [6.45, 7) is 15.9. The standard InChI is InChI=1S/C39H67N5O7/c1-13-25(6)34(43(10)39(49)33(24(4)5)42-38(48)32(40-9)23(2)3)30(50-11)22-31(45)44-21-17-20-29(44)36(51-12)26(7)37(47)41-27(8)35(46)28-18-15-14-16-19-28/h14-16,18-19,23-27,29-30,32-36,40,46H,13,17,20-22H2,1-12H3,(H,41,47)(H,42,48)/t25-,26+,27+,29-,30+,32-,33?,34?,35+,36+/m0/s1. The fourth-order valence-corrected chi connectivity index (χ4v) is 7.42. The van der Waals surface area contributed by atoms with Gasteiger partial charge in [-0.25, -0.2) is 0 Å². The molecular weight excluding hydrogens is 650 g/mol. The molecule has 0 aliphatic carbocycles. The Labute approximate surface area is 306 Å². The minimum absolute atomic E-state index is 0.0148. The molecule has 0 radical (unpaired) electrons. The second-order valence-corrected chi connectivity index (χ2v) is 15.0. The second-order valence-electron chi connectivity index (χ2n) is 15.0. The fraction of sp³-hybridized carbons (Fsp3) is 0.744. The van der Waals surface area contributed by atoms with Crippen LogP contribution in [0.5, 0.6) is 0 Å². The number of rotatable bonds is 20. The number of amides is 4. The molecule has 12 heteroatoms. The minimum Gasteiger partial charge on any atom is -0.386 e. The topological polar surface area (TPSA) is 150 Å². The molecule has 1 fully saturated rings. The van der Waals surface area contributed by atoms with E-state index in [-0.39, 0.29) is 53.8 Å². The zero-order valence-electron chi connectivity index (χ0n) is 33.1. The molecule has 1 saturated heterocycles. The summed E-state index contributed by atoms with van der Waals surface area (Å²) in [6.07, 6.45) is 0.147. The Morgan fingerprint density at radius 2 is 1.53 bits per heavy atom. The third kappa shape index (κ3) is 11.5. The van der Waals surface area contributed by atoms with Crippen molar-refractivity contribution >= 4 is 23.6 Å². The van der Waals surface area contributed by atoms with Crippen molar-refractivity contribution in [3.63, 3.8) is 0 Å². The van der Waals surface area contributed by atoms with Gasteiger partial charge in [0, 0.05) is 27.8 Å². The molecule has 0 saturated carbocycles. The van der Waals surface area contributed by atoms with E-state index in [1.54, 1.807) is 52.0 Å². The zero-order chi connectivity index (χ0) is 38.6. The number of methoxy groups -OCH3 is 2. The molecule has 1 aliphatic heterocycles. The van der Waals surface area contributed by atoms with Crippen LogP contribution in [0.15, 0.2) is 30.3 Å². The second kappa shape index (κ2) is 20.8. The monoisotopic (exact) mass is 718 g/mol. The van der Waals surface area contributed by atoms with Crippen LogP contribution < -0.4 is 16.0 Å². The van der Waals surface area contributed by atoms with Gasteiger partial charge in [0.1, 0.15) is 6.04 Å². The number of likely N-dealkylation sites (tertiary alicyclic amines) is 1. The van der Waals surface area contributed by atoms with Crippen LogP contribution >= 0.6 is 0 Å². The molecule has 290 valence electrons. The maximum absolute atomic E-state index is 14.1. The first-order valence-corrected chi connectivity index (χ1v) is 18.7. The number of carbonyl (C=O) groups is 4. The van der Waals surface area contributed by atoms with Crippen molar-refractivity contribution in [2.75, 3.05) is 34.9 Å². The summed E-state index contributed by atoms with van der Waals surface area (Å²) in [5.74, 6) is -1.62. The van der Waals surface area contributed by atoms with Crippen LogP contribution in [0, 0.1) is 23.7 Å². The number of ether oxygens (including phenoxy) is 2. The molecule has 1 aliphatic rings. The van der Waals surface area contributed by atoms with Gasteiger partial charge in [-0.2, -0.15) is 0 Å². The van der Waals surface area contributed by atoms with Crippen molar-refractivity contribution in [3.8, 4) is 0 Å². The first kappa shape index (κ1) is 44.1. The molecule has 0 aromatic heterocycles. The third-order valence-corrected chi connectivity index (χ3v) is 10.7. The van der Waals surface area contributed by atoms with E-state index in [2.05, 4.69) is 16.0 Å². The first-order chi connectivity index (χ1) is 24.0. The first-order valence-electron chi connectivity index (χ1n) is 18.7. The molecular formula is C39H67N5O7. The maximum Gasteiger partial charge on any atom is 0.245 e. The molecule has 10 atom stereocenters. The van der Waals surface area contributed by atoms with Gasteiger partial charge in [0.15, 0.2) is 0 Å². The number of nitrogens with zero attached hydrogens (tertiary/aromatic N) is 2. The van der Waals surface area contributed by atoms with E-state index in [0.29, 0.717) is 18.5 Å². The van der Waals surface area contributed by atoms with Crippen molar-refractivity contribution in [2.45, 2.75) is 130 Å². The van der Waals surface area contributed by atoms with Gasteiger partial charge in [-0.05, 0) is 50.1 Å². The SMILES string of the molecule is CC[C@H](C)C([C@@H](CC(=O)N1CCC[C@H]1[C@H](OC)[C@@H](C)C(=O)N[C@H](C)[C@@H](O)c1ccccc1)OC)N(C)C(=O)C(NC(=O)[C@@H](NC)C(C)C)C(C)C. The fourth-order valence-electron chi connectivity index (χ4n) is 7.42. The van der Waals surface area contributed by atoms with Gasteiger partial charge in [-0.15, -0.1) is 0 Å². The van der Waals surface area contributed by atoms with Crippen molar-refractivity contribution in [1.29, 1.82) is 0 Å². The van der Waals surface area contributed by atoms with Gasteiger partial charge < -0.3 is 40.3 Å². The van der Waals surface area contributed by atoms with Gasteiger partial charge in [-0.3, -0.25) is 19.2 Å². The number of likely N-dealkylation sites (N-methyl/N-ethyl adjacent to an activating group) is 2. The Hall–Kier alpha value is -3.06. The lowest BCUT2D eigenvalue weighted by Gasteiger charge is -2.41. The molecule has 2 unspecified atom stereocenters. The summed E-state index contributed by atoms with van der Waals surface area (Å²) in [4.78, 5) is 58.3. The zero-order valence-corrected chi connectivity index (χ0v) is 33.1. The lowest BCUT2D eigenvalue weighted by molar-refractivity contribution is -0.148. The molecule has 1 heterocycles. The van der Waals surface area contributed by atoms with E-state index >= 15 is 0 Å². The minimum atomic E-state index is -0.875. The molecule has 1 aromatic rings. The molecule has 51 heavy (non-hydrogen) atoms. The van der Waals surface area contributed by atoms with E-state index in [0.717, 1.165) is 12.8 Å². The number of hydrogen-bond acceptors (Lipinski definition) is 8. The number of benzene rings is 1. The molecule has 4 amide bonds. The Balaban J connectivity index is 2.24. The number of aliphatic hydroxyl groups is 1. The van der Waals surface area contributed by atoms with Crippen LogP contribution in [0.25, 0.3) is 0 Å². The summed E-state index contributed by atoms with van der Waals surface area (Å²) in [5.41, 5.74) is 0.711. The van der Waals surface area contributed by atoms with Crippen molar-refractivity contribution in [1.82, 2.24) is 25.8 Å². The van der Waals surface area contributed by atoms with Crippen LogP contribution in [0.4, 0.5) is 0 Å². The number of carbonyl (C=O) groups excluding carboxylic acids is 4. The van der Waals surface area contributed by atoms with Crippen LogP contribution in [-0.4, -0.2) is 116 Å². The van der Waals surface area contributed by atoms with E-state index in [4.69, 9.17) is 9.47 Å². The summed E-state index contributed by atoms with van der Waals surface area (Å²) in [6, 6.07) is 6.67. The third-order valence-electron chi connectivity index (χ3n) is 10.7. The Bertz CT molecular complexity index is 1250. The Morgan fingerprint density at radius 1 is 0.922 bits per heavy atom. The van der Waals surface area contributed by atoms with Gasteiger partial charge in [0.05, 0.1) is 54.8 Å². The lowest BCUT2D eigenvalue weighted by atomic mass is 9.89. The Kier molecular flexibility index (Phi) is 18.0. The highest BCUT2D eigenvalue weighted by Crippen LogP contribution is 2.30. The molecule has 12 nitrogen and oxygen atoms in total. The van der Waals surface area contributed by atoms with Gasteiger partial charge in [0.2, 0.25) is 23.6 Å². The summed E-state index contributed by atoms with van der Waals surface area (Å²) in [7, 11) is 6.57. The average molecular weight is 718 g/mol. The van der Waals surface area contributed by atoms with Gasteiger partial charge >= 0.3 is 0 Å². The van der Waals surface area contributed by atoms with E-state index in [9.17, 15) is 24.3 Å². The molecule has 2 rings (SSSR count). The predicted molar refractivity (Wildman–Crippen MR) is 200 cm³/mol. The normalized spacial score (nSPS) is 20.1.